The third-order valence-electron chi connectivity index (χ3n) is 4.91. The molecule has 1 saturated carbocycles. The predicted molar refractivity (Wildman–Crippen MR) is 101 cm³/mol. The summed E-state index contributed by atoms with van der Waals surface area (Å²) in [6.07, 6.45) is 2.15. The molecule has 1 N–H and O–H groups in total. The molecule has 2 aliphatic rings. The molecule has 26 heavy (non-hydrogen) atoms. The number of aromatic nitrogens is 2. The van der Waals surface area contributed by atoms with Gasteiger partial charge < -0.3 is 10.2 Å². The molecule has 0 bridgehead atoms. The van der Waals surface area contributed by atoms with E-state index in [0.29, 0.717) is 17.6 Å². The minimum absolute atomic E-state index is 0.0815. The van der Waals surface area contributed by atoms with E-state index in [0.717, 1.165) is 51.4 Å². The Morgan fingerprint density at radius 2 is 1.85 bits per heavy atom. The summed E-state index contributed by atoms with van der Waals surface area (Å²) in [5.41, 5.74) is 1.82. The van der Waals surface area contributed by atoms with Gasteiger partial charge in [0.2, 0.25) is 0 Å². The Balaban J connectivity index is 1.39. The molecule has 2 heterocycles. The van der Waals surface area contributed by atoms with Crippen LogP contribution in [0.3, 0.4) is 0 Å². The van der Waals surface area contributed by atoms with E-state index in [1.54, 1.807) is 0 Å². The largest absolute Gasteiger partial charge is 0.354 e. The van der Waals surface area contributed by atoms with Crippen LogP contribution in [0.15, 0.2) is 36.4 Å². The van der Waals surface area contributed by atoms with Crippen molar-refractivity contribution < 1.29 is 4.79 Å². The van der Waals surface area contributed by atoms with Gasteiger partial charge in [0, 0.05) is 44.8 Å². The molecule has 4 rings (SSSR count). The lowest BCUT2D eigenvalue weighted by atomic mass is 10.2. The first-order valence-electron chi connectivity index (χ1n) is 9.35. The third-order valence-corrected chi connectivity index (χ3v) is 4.91. The van der Waals surface area contributed by atoms with Crippen molar-refractivity contribution in [3.8, 4) is 0 Å². The van der Waals surface area contributed by atoms with Crippen LogP contribution in [0, 0.1) is 6.92 Å². The van der Waals surface area contributed by atoms with Crippen LogP contribution in [0.5, 0.6) is 0 Å². The number of amides is 1. The van der Waals surface area contributed by atoms with Gasteiger partial charge in [0.15, 0.2) is 0 Å². The highest BCUT2D eigenvalue weighted by Gasteiger charge is 2.25. The molecule has 1 aliphatic heterocycles. The second-order valence-corrected chi connectivity index (χ2v) is 7.16. The Kier molecular flexibility index (Phi) is 4.84. The van der Waals surface area contributed by atoms with Gasteiger partial charge in [-0.25, -0.2) is 9.97 Å². The SMILES string of the molecule is Cc1nc(C(=O)NC2CC2)cc(N2CCN(Cc3ccccc3)CC2)n1. The van der Waals surface area contributed by atoms with Crippen LogP contribution in [-0.2, 0) is 6.54 Å². The van der Waals surface area contributed by atoms with Crippen molar-refractivity contribution in [3.05, 3.63) is 53.5 Å². The molecule has 1 aliphatic carbocycles. The van der Waals surface area contributed by atoms with Crippen LogP contribution in [0.4, 0.5) is 5.82 Å². The van der Waals surface area contributed by atoms with Crippen LogP contribution in [-0.4, -0.2) is 53.0 Å². The van der Waals surface area contributed by atoms with Crippen molar-refractivity contribution in [1.29, 1.82) is 0 Å². The Morgan fingerprint density at radius 1 is 1.12 bits per heavy atom. The number of carbonyl (C=O) groups excluding carboxylic acids is 1. The van der Waals surface area contributed by atoms with Crippen LogP contribution >= 0.6 is 0 Å². The number of benzene rings is 1. The first kappa shape index (κ1) is 17.0. The van der Waals surface area contributed by atoms with Crippen molar-refractivity contribution in [1.82, 2.24) is 20.2 Å². The number of rotatable bonds is 5. The number of nitrogens with one attached hydrogen (secondary N) is 1. The van der Waals surface area contributed by atoms with Crippen molar-refractivity contribution in [2.24, 2.45) is 0 Å². The second kappa shape index (κ2) is 7.41. The zero-order chi connectivity index (χ0) is 17.9. The molecule has 1 aromatic heterocycles. The number of nitrogens with zero attached hydrogens (tertiary/aromatic N) is 4. The maximum absolute atomic E-state index is 12.3. The lowest BCUT2D eigenvalue weighted by molar-refractivity contribution is 0.0945. The van der Waals surface area contributed by atoms with Crippen LogP contribution < -0.4 is 10.2 Å². The molecule has 0 spiro atoms. The van der Waals surface area contributed by atoms with Gasteiger partial charge in [0.25, 0.3) is 5.91 Å². The number of hydrogen-bond donors (Lipinski definition) is 1. The summed E-state index contributed by atoms with van der Waals surface area (Å²) >= 11 is 0. The number of carbonyl (C=O) groups is 1. The fourth-order valence-electron chi connectivity index (χ4n) is 3.29. The highest BCUT2D eigenvalue weighted by atomic mass is 16.2. The number of aryl methyl sites for hydroxylation is 1. The maximum atomic E-state index is 12.3. The van der Waals surface area contributed by atoms with Gasteiger partial charge in [0.1, 0.15) is 17.3 Å². The van der Waals surface area contributed by atoms with Crippen LogP contribution in [0.25, 0.3) is 0 Å². The highest BCUT2D eigenvalue weighted by Crippen LogP contribution is 2.20. The summed E-state index contributed by atoms with van der Waals surface area (Å²) in [7, 11) is 0. The summed E-state index contributed by atoms with van der Waals surface area (Å²) in [4.78, 5) is 25.9. The summed E-state index contributed by atoms with van der Waals surface area (Å²) in [5.74, 6) is 1.43. The minimum Gasteiger partial charge on any atom is -0.354 e. The van der Waals surface area contributed by atoms with E-state index in [9.17, 15) is 4.79 Å². The van der Waals surface area contributed by atoms with Gasteiger partial charge in [-0.1, -0.05) is 30.3 Å². The molecule has 0 unspecified atom stereocenters. The fourth-order valence-corrected chi connectivity index (χ4v) is 3.29. The molecule has 0 atom stereocenters. The quantitative estimate of drug-likeness (QED) is 0.893. The molecule has 0 radical (unpaired) electrons. The van der Waals surface area contributed by atoms with Crippen molar-refractivity contribution in [2.75, 3.05) is 31.1 Å². The molecule has 1 amide bonds. The predicted octanol–water partition coefficient (Wildman–Crippen LogP) is 2.00. The molecule has 6 heteroatoms. The summed E-state index contributed by atoms with van der Waals surface area (Å²) in [6, 6.07) is 12.7. The van der Waals surface area contributed by atoms with Crippen molar-refractivity contribution >= 4 is 11.7 Å². The smallest absolute Gasteiger partial charge is 0.270 e. The summed E-state index contributed by atoms with van der Waals surface area (Å²) in [6.45, 7) is 6.62. The Hall–Kier alpha value is -2.47. The monoisotopic (exact) mass is 351 g/mol. The Bertz CT molecular complexity index is 767. The second-order valence-electron chi connectivity index (χ2n) is 7.16. The van der Waals surface area contributed by atoms with E-state index in [-0.39, 0.29) is 5.91 Å². The molecule has 1 aromatic carbocycles. The Morgan fingerprint density at radius 3 is 2.54 bits per heavy atom. The lowest BCUT2D eigenvalue weighted by Crippen LogP contribution is -2.46. The number of piperazine rings is 1. The van der Waals surface area contributed by atoms with E-state index in [2.05, 4.69) is 55.4 Å². The zero-order valence-electron chi connectivity index (χ0n) is 15.2. The first-order valence-corrected chi connectivity index (χ1v) is 9.35. The van der Waals surface area contributed by atoms with E-state index in [1.165, 1.54) is 5.56 Å². The van der Waals surface area contributed by atoms with Crippen molar-refractivity contribution in [3.63, 3.8) is 0 Å². The third kappa shape index (κ3) is 4.19. The van der Waals surface area contributed by atoms with Crippen LogP contribution in [0.2, 0.25) is 0 Å². The summed E-state index contributed by atoms with van der Waals surface area (Å²) < 4.78 is 0. The average Bonchev–Trinajstić information content (AvgIpc) is 3.47. The maximum Gasteiger partial charge on any atom is 0.270 e. The molecular formula is C20H25N5O. The van der Waals surface area contributed by atoms with Gasteiger partial charge in [-0.05, 0) is 25.3 Å². The van der Waals surface area contributed by atoms with Gasteiger partial charge >= 0.3 is 0 Å². The Labute approximate surface area is 154 Å². The van der Waals surface area contributed by atoms with E-state index < -0.39 is 0 Å². The zero-order valence-corrected chi connectivity index (χ0v) is 15.2. The average molecular weight is 351 g/mol. The normalized spacial score (nSPS) is 18.0. The fraction of sp³-hybridized carbons (Fsp3) is 0.450. The summed E-state index contributed by atoms with van der Waals surface area (Å²) in [5, 5.41) is 3.01. The lowest BCUT2D eigenvalue weighted by Gasteiger charge is -2.35. The molecule has 6 nitrogen and oxygen atoms in total. The van der Waals surface area contributed by atoms with Gasteiger partial charge in [-0.2, -0.15) is 0 Å². The van der Waals surface area contributed by atoms with Gasteiger partial charge in [-0.15, -0.1) is 0 Å². The number of anilines is 1. The van der Waals surface area contributed by atoms with Gasteiger partial charge in [0.05, 0.1) is 0 Å². The molecular weight excluding hydrogens is 326 g/mol. The van der Waals surface area contributed by atoms with E-state index in [1.807, 2.05) is 13.0 Å². The molecule has 2 aromatic rings. The number of hydrogen-bond acceptors (Lipinski definition) is 5. The molecule has 1 saturated heterocycles. The standard InChI is InChI=1S/C20H25N5O/c1-15-21-18(20(26)23-17-7-8-17)13-19(22-15)25-11-9-24(10-12-25)14-16-5-3-2-4-6-16/h2-6,13,17H,7-12,14H2,1H3,(H,23,26). The first-order chi connectivity index (χ1) is 12.7. The molecule has 2 fully saturated rings. The molecule has 136 valence electrons. The van der Waals surface area contributed by atoms with E-state index >= 15 is 0 Å². The topological polar surface area (TPSA) is 61.4 Å². The highest BCUT2D eigenvalue weighted by molar-refractivity contribution is 5.93. The van der Waals surface area contributed by atoms with E-state index in [4.69, 9.17) is 0 Å². The van der Waals surface area contributed by atoms with Crippen LogP contribution in [0.1, 0.15) is 34.7 Å². The minimum atomic E-state index is -0.0815. The van der Waals surface area contributed by atoms with Crippen molar-refractivity contribution in [2.45, 2.75) is 32.4 Å². The van der Waals surface area contributed by atoms with Gasteiger partial charge in [-0.3, -0.25) is 9.69 Å².